The maximum atomic E-state index is 3.53. The van der Waals surface area contributed by atoms with Crippen molar-refractivity contribution in [1.29, 1.82) is 0 Å². The summed E-state index contributed by atoms with van der Waals surface area (Å²) in [6, 6.07) is 7.65. The molecule has 1 aromatic carbocycles. The lowest BCUT2D eigenvalue weighted by Crippen LogP contribution is -2.27. The van der Waals surface area contributed by atoms with Crippen LogP contribution in [0.2, 0.25) is 0 Å². The molecule has 0 aromatic heterocycles. The average molecular weight is 230 g/mol. The first kappa shape index (κ1) is 10.9. The van der Waals surface area contributed by atoms with Crippen LogP contribution in [0.4, 0.5) is 11.4 Å². The van der Waals surface area contributed by atoms with E-state index in [0.717, 1.165) is 12.5 Å². The van der Waals surface area contributed by atoms with Crippen LogP contribution in [0.15, 0.2) is 18.2 Å². The number of aryl methyl sites for hydroxylation is 1. The number of rotatable bonds is 1. The lowest BCUT2D eigenvalue weighted by molar-refractivity contribution is 0.625. The quantitative estimate of drug-likeness (QED) is 0.796. The third-order valence-corrected chi connectivity index (χ3v) is 4.15. The van der Waals surface area contributed by atoms with Crippen LogP contribution in [0.5, 0.6) is 0 Å². The summed E-state index contributed by atoms with van der Waals surface area (Å²) >= 11 is 0. The highest BCUT2D eigenvalue weighted by molar-refractivity contribution is 5.64. The number of benzene rings is 1. The van der Waals surface area contributed by atoms with Crippen LogP contribution in [0.25, 0.3) is 0 Å². The third-order valence-electron chi connectivity index (χ3n) is 4.15. The van der Waals surface area contributed by atoms with Gasteiger partial charge in [0, 0.05) is 30.5 Å². The summed E-state index contributed by atoms with van der Waals surface area (Å²) in [4.78, 5) is 2.56. The van der Waals surface area contributed by atoms with Gasteiger partial charge in [0.25, 0.3) is 0 Å². The van der Waals surface area contributed by atoms with Crippen LogP contribution >= 0.6 is 0 Å². The summed E-state index contributed by atoms with van der Waals surface area (Å²) < 4.78 is 0. The van der Waals surface area contributed by atoms with Crippen molar-refractivity contribution >= 4 is 11.4 Å². The monoisotopic (exact) mass is 230 g/mol. The number of fused-ring (bicyclic) bond motifs is 1. The van der Waals surface area contributed by atoms with Gasteiger partial charge in [-0.2, -0.15) is 0 Å². The molecule has 3 rings (SSSR count). The lowest BCUT2D eigenvalue weighted by atomic mass is 10.0. The summed E-state index contributed by atoms with van der Waals surface area (Å²) in [6.45, 7) is 7.03. The van der Waals surface area contributed by atoms with E-state index in [1.54, 1.807) is 0 Å². The minimum absolute atomic E-state index is 0.687. The molecule has 0 spiro atoms. The number of anilines is 2. The molecule has 0 amide bonds. The van der Waals surface area contributed by atoms with E-state index in [-0.39, 0.29) is 0 Å². The Bertz CT molecular complexity index is 413. The molecule has 2 atom stereocenters. The van der Waals surface area contributed by atoms with Gasteiger partial charge in [-0.15, -0.1) is 0 Å². The van der Waals surface area contributed by atoms with Crippen molar-refractivity contribution in [3.05, 3.63) is 23.8 Å². The van der Waals surface area contributed by atoms with E-state index < -0.39 is 0 Å². The summed E-state index contributed by atoms with van der Waals surface area (Å²) in [5.74, 6) is 0.828. The molecule has 17 heavy (non-hydrogen) atoms. The fraction of sp³-hybridized carbons (Fsp3) is 0.600. The molecule has 2 heterocycles. The third kappa shape index (κ3) is 2.01. The summed E-state index contributed by atoms with van der Waals surface area (Å²) in [7, 11) is 0. The van der Waals surface area contributed by atoms with E-state index in [2.05, 4.69) is 42.3 Å². The Labute approximate surface area is 104 Å². The first-order valence-corrected chi connectivity index (χ1v) is 6.87. The average Bonchev–Trinajstić information content (AvgIpc) is 2.68. The largest absolute Gasteiger partial charge is 0.385 e. The number of nitrogens with zero attached hydrogens (tertiary/aromatic N) is 1. The Morgan fingerprint density at radius 3 is 2.94 bits per heavy atom. The minimum atomic E-state index is 0.687. The molecule has 2 aliphatic rings. The van der Waals surface area contributed by atoms with Gasteiger partial charge in [-0.3, -0.25) is 0 Å². The summed E-state index contributed by atoms with van der Waals surface area (Å²) in [6.07, 6.45) is 3.82. The van der Waals surface area contributed by atoms with Gasteiger partial charge in [0.1, 0.15) is 0 Å². The van der Waals surface area contributed by atoms with E-state index in [1.165, 1.54) is 42.7 Å². The fourth-order valence-electron chi connectivity index (χ4n) is 3.29. The van der Waals surface area contributed by atoms with Crippen LogP contribution in [-0.4, -0.2) is 19.1 Å². The molecule has 0 aliphatic carbocycles. The highest BCUT2D eigenvalue weighted by atomic mass is 15.2. The zero-order chi connectivity index (χ0) is 11.8. The predicted octanol–water partition coefficient (Wildman–Crippen LogP) is 3.28. The van der Waals surface area contributed by atoms with Crippen LogP contribution in [0.1, 0.15) is 32.3 Å². The fourth-order valence-corrected chi connectivity index (χ4v) is 3.29. The van der Waals surface area contributed by atoms with Crippen LogP contribution < -0.4 is 10.2 Å². The van der Waals surface area contributed by atoms with Gasteiger partial charge in [0.2, 0.25) is 0 Å². The van der Waals surface area contributed by atoms with Crippen LogP contribution in [0.3, 0.4) is 0 Å². The molecule has 1 N–H and O–H groups in total. The molecule has 1 aromatic rings. The van der Waals surface area contributed by atoms with E-state index in [4.69, 9.17) is 0 Å². The van der Waals surface area contributed by atoms with E-state index in [1.807, 2.05) is 0 Å². The zero-order valence-electron chi connectivity index (χ0n) is 10.9. The van der Waals surface area contributed by atoms with Gasteiger partial charge in [0.05, 0.1) is 0 Å². The molecule has 2 heteroatoms. The second-order valence-electron chi connectivity index (χ2n) is 5.71. The standard InChI is InChI=1S/C15H22N2/c1-11-8-12(2)17(10-11)14-6-5-13-4-3-7-16-15(13)9-14/h5-6,9,11-12,16H,3-4,7-8,10H2,1-2H3. The Morgan fingerprint density at radius 2 is 2.18 bits per heavy atom. The minimum Gasteiger partial charge on any atom is -0.385 e. The van der Waals surface area contributed by atoms with Gasteiger partial charge >= 0.3 is 0 Å². The maximum absolute atomic E-state index is 3.53. The SMILES string of the molecule is CC1CC(C)N(c2ccc3c(c2)NCCC3)C1. The molecular formula is C15H22N2. The van der Waals surface area contributed by atoms with Crippen molar-refractivity contribution in [2.75, 3.05) is 23.3 Å². The predicted molar refractivity (Wildman–Crippen MR) is 73.8 cm³/mol. The Hall–Kier alpha value is -1.18. The molecule has 1 fully saturated rings. The smallest absolute Gasteiger partial charge is 0.0393 e. The highest BCUT2D eigenvalue weighted by Crippen LogP contribution is 2.32. The lowest BCUT2D eigenvalue weighted by Gasteiger charge is -2.26. The van der Waals surface area contributed by atoms with Crippen molar-refractivity contribution in [3.8, 4) is 0 Å². The zero-order valence-corrected chi connectivity index (χ0v) is 10.9. The highest BCUT2D eigenvalue weighted by Gasteiger charge is 2.26. The molecule has 2 aliphatic heterocycles. The number of nitrogens with one attached hydrogen (secondary N) is 1. The Morgan fingerprint density at radius 1 is 1.29 bits per heavy atom. The molecular weight excluding hydrogens is 208 g/mol. The van der Waals surface area contributed by atoms with Gasteiger partial charge in [-0.05, 0) is 49.8 Å². The molecule has 0 bridgehead atoms. The summed E-state index contributed by atoms with van der Waals surface area (Å²) in [5.41, 5.74) is 4.25. The van der Waals surface area contributed by atoms with Gasteiger partial charge in [-0.1, -0.05) is 13.0 Å². The Balaban J connectivity index is 1.88. The van der Waals surface area contributed by atoms with Crippen LogP contribution in [-0.2, 0) is 6.42 Å². The maximum Gasteiger partial charge on any atom is 0.0393 e. The normalized spacial score (nSPS) is 27.8. The van der Waals surface area contributed by atoms with E-state index in [0.29, 0.717) is 6.04 Å². The van der Waals surface area contributed by atoms with Gasteiger partial charge in [0.15, 0.2) is 0 Å². The molecule has 0 saturated carbocycles. The molecule has 1 saturated heterocycles. The molecule has 2 unspecified atom stereocenters. The van der Waals surface area contributed by atoms with Crippen molar-refractivity contribution in [3.63, 3.8) is 0 Å². The number of hydrogen-bond acceptors (Lipinski definition) is 2. The van der Waals surface area contributed by atoms with Crippen molar-refractivity contribution < 1.29 is 0 Å². The van der Waals surface area contributed by atoms with Gasteiger partial charge < -0.3 is 10.2 Å². The molecule has 2 nitrogen and oxygen atoms in total. The molecule has 0 radical (unpaired) electrons. The van der Waals surface area contributed by atoms with Gasteiger partial charge in [-0.25, -0.2) is 0 Å². The molecule has 92 valence electrons. The second kappa shape index (κ2) is 4.25. The van der Waals surface area contributed by atoms with E-state index >= 15 is 0 Å². The summed E-state index contributed by atoms with van der Waals surface area (Å²) in [5, 5.41) is 3.53. The van der Waals surface area contributed by atoms with Crippen molar-refractivity contribution in [2.24, 2.45) is 5.92 Å². The van der Waals surface area contributed by atoms with Crippen molar-refractivity contribution in [1.82, 2.24) is 0 Å². The second-order valence-corrected chi connectivity index (χ2v) is 5.71. The van der Waals surface area contributed by atoms with E-state index in [9.17, 15) is 0 Å². The topological polar surface area (TPSA) is 15.3 Å². The van der Waals surface area contributed by atoms with Crippen molar-refractivity contribution in [2.45, 2.75) is 39.2 Å². The Kier molecular flexibility index (Phi) is 2.73. The first-order chi connectivity index (χ1) is 8.24. The first-order valence-electron chi connectivity index (χ1n) is 6.87. The van der Waals surface area contributed by atoms with Crippen LogP contribution in [0, 0.1) is 5.92 Å². The number of hydrogen-bond donors (Lipinski definition) is 1.